The zero-order valence-electron chi connectivity index (χ0n) is 17.8. The van der Waals surface area contributed by atoms with Crippen molar-refractivity contribution in [3.63, 3.8) is 0 Å². The highest BCUT2D eigenvalue weighted by Gasteiger charge is 2.24. The van der Waals surface area contributed by atoms with E-state index in [-0.39, 0.29) is 35.4 Å². The van der Waals surface area contributed by atoms with Crippen LogP contribution in [0, 0.1) is 11.8 Å². The molecule has 1 fully saturated rings. The molecule has 2 rings (SSSR count). The molecule has 0 aliphatic heterocycles. The van der Waals surface area contributed by atoms with Crippen LogP contribution in [0.4, 0.5) is 0 Å². The highest BCUT2D eigenvalue weighted by molar-refractivity contribution is 14.0. The fourth-order valence-electron chi connectivity index (χ4n) is 3.82. The summed E-state index contributed by atoms with van der Waals surface area (Å²) in [5.41, 5.74) is 0.878. The number of hydrogen-bond acceptors (Lipinski definition) is 4. The van der Waals surface area contributed by atoms with Gasteiger partial charge in [0.25, 0.3) is 0 Å². The molecule has 0 spiro atoms. The molecular weight excluding hydrogens is 503 g/mol. The van der Waals surface area contributed by atoms with Crippen LogP contribution in [0.2, 0.25) is 0 Å². The van der Waals surface area contributed by atoms with E-state index >= 15 is 0 Å². The van der Waals surface area contributed by atoms with Crippen LogP contribution in [-0.2, 0) is 21.3 Å². The Morgan fingerprint density at radius 2 is 1.90 bits per heavy atom. The number of nitrogens with one attached hydrogen (secondary N) is 3. The van der Waals surface area contributed by atoms with Gasteiger partial charge in [0, 0.05) is 33.3 Å². The number of halogens is 1. The molecule has 0 heterocycles. The maximum absolute atomic E-state index is 12.4. The van der Waals surface area contributed by atoms with E-state index in [9.17, 15) is 8.42 Å². The van der Waals surface area contributed by atoms with Crippen molar-refractivity contribution in [1.29, 1.82) is 0 Å². The normalized spacial score (nSPS) is 22.6. The molecule has 1 aromatic rings. The first-order valence-corrected chi connectivity index (χ1v) is 11.4. The van der Waals surface area contributed by atoms with Crippen LogP contribution >= 0.6 is 24.0 Å². The second-order valence-electron chi connectivity index (χ2n) is 7.72. The third kappa shape index (κ3) is 8.77. The number of ether oxygens (including phenoxy) is 1. The second-order valence-corrected chi connectivity index (χ2v) is 9.49. The molecule has 166 valence electrons. The summed E-state index contributed by atoms with van der Waals surface area (Å²) in [7, 11) is -0.244. The maximum Gasteiger partial charge on any atom is 0.240 e. The van der Waals surface area contributed by atoms with Crippen molar-refractivity contribution in [3.05, 3.63) is 29.8 Å². The molecule has 2 unspecified atom stereocenters. The van der Waals surface area contributed by atoms with Crippen molar-refractivity contribution >= 4 is 40.0 Å². The lowest BCUT2D eigenvalue weighted by Crippen LogP contribution is -2.45. The molecule has 0 saturated heterocycles. The minimum atomic E-state index is -3.54. The van der Waals surface area contributed by atoms with Crippen LogP contribution in [0.25, 0.3) is 0 Å². The standard InChI is InChI=1S/C20H34N4O3S.HI/c1-15-10-16(2)12-18(11-15)24-20(21-3)22-14-17-6-5-7-19(13-17)28(25,26)23-8-9-27-4;/h5-7,13,15-16,18,23H,8-12,14H2,1-4H3,(H2,21,22,24);1H. The number of benzene rings is 1. The summed E-state index contributed by atoms with van der Waals surface area (Å²) >= 11 is 0. The van der Waals surface area contributed by atoms with Crippen molar-refractivity contribution in [1.82, 2.24) is 15.4 Å². The van der Waals surface area contributed by atoms with Crippen LogP contribution in [0.3, 0.4) is 0 Å². The highest BCUT2D eigenvalue weighted by Crippen LogP contribution is 2.28. The van der Waals surface area contributed by atoms with Gasteiger partial charge in [-0.05, 0) is 48.8 Å². The van der Waals surface area contributed by atoms with E-state index in [0.29, 0.717) is 31.0 Å². The Labute approximate surface area is 192 Å². The molecule has 9 heteroatoms. The van der Waals surface area contributed by atoms with E-state index in [2.05, 4.69) is 34.2 Å². The van der Waals surface area contributed by atoms with E-state index in [1.165, 1.54) is 13.5 Å². The van der Waals surface area contributed by atoms with E-state index in [0.717, 1.165) is 24.4 Å². The van der Waals surface area contributed by atoms with Gasteiger partial charge in [0.15, 0.2) is 5.96 Å². The van der Waals surface area contributed by atoms with Crippen LogP contribution in [0.15, 0.2) is 34.2 Å². The highest BCUT2D eigenvalue weighted by atomic mass is 127. The second kappa shape index (κ2) is 12.7. The van der Waals surface area contributed by atoms with Gasteiger partial charge in [0.2, 0.25) is 10.0 Å². The van der Waals surface area contributed by atoms with Gasteiger partial charge in [-0.1, -0.05) is 26.0 Å². The van der Waals surface area contributed by atoms with Crippen molar-refractivity contribution < 1.29 is 13.2 Å². The van der Waals surface area contributed by atoms with Gasteiger partial charge in [-0.25, -0.2) is 13.1 Å². The molecule has 1 aliphatic rings. The molecule has 1 saturated carbocycles. The van der Waals surface area contributed by atoms with Crippen molar-refractivity contribution in [2.24, 2.45) is 16.8 Å². The Hall–Kier alpha value is -0.910. The summed E-state index contributed by atoms with van der Waals surface area (Å²) in [4.78, 5) is 4.57. The Bertz CT molecular complexity index is 748. The fourth-order valence-corrected chi connectivity index (χ4v) is 4.91. The Kier molecular flexibility index (Phi) is 11.4. The zero-order valence-corrected chi connectivity index (χ0v) is 20.9. The average molecular weight is 538 g/mol. The predicted molar refractivity (Wildman–Crippen MR) is 128 cm³/mol. The monoisotopic (exact) mass is 538 g/mol. The number of sulfonamides is 1. The summed E-state index contributed by atoms with van der Waals surface area (Å²) in [6.07, 6.45) is 3.57. The molecule has 7 nitrogen and oxygen atoms in total. The minimum Gasteiger partial charge on any atom is -0.383 e. The van der Waals surface area contributed by atoms with Gasteiger partial charge in [-0.15, -0.1) is 24.0 Å². The van der Waals surface area contributed by atoms with Crippen molar-refractivity contribution in [2.45, 2.75) is 50.6 Å². The number of hydrogen-bond donors (Lipinski definition) is 3. The van der Waals surface area contributed by atoms with Crippen molar-refractivity contribution in [2.75, 3.05) is 27.3 Å². The van der Waals surface area contributed by atoms with E-state index in [1.807, 2.05) is 6.07 Å². The van der Waals surface area contributed by atoms with E-state index in [1.54, 1.807) is 25.2 Å². The molecule has 1 aromatic carbocycles. The third-order valence-electron chi connectivity index (χ3n) is 5.01. The third-order valence-corrected chi connectivity index (χ3v) is 6.47. The number of guanidine groups is 1. The van der Waals surface area contributed by atoms with Gasteiger partial charge >= 0.3 is 0 Å². The van der Waals surface area contributed by atoms with Gasteiger partial charge < -0.3 is 15.4 Å². The molecule has 0 radical (unpaired) electrons. The topological polar surface area (TPSA) is 91.8 Å². The van der Waals surface area contributed by atoms with Crippen molar-refractivity contribution in [3.8, 4) is 0 Å². The van der Waals surface area contributed by atoms with Crippen LogP contribution in [0.5, 0.6) is 0 Å². The largest absolute Gasteiger partial charge is 0.383 e. The lowest BCUT2D eigenvalue weighted by atomic mass is 9.80. The molecule has 29 heavy (non-hydrogen) atoms. The number of rotatable bonds is 8. The van der Waals surface area contributed by atoms with E-state index in [4.69, 9.17) is 4.74 Å². The summed E-state index contributed by atoms with van der Waals surface area (Å²) in [5, 5.41) is 6.81. The number of nitrogens with zero attached hydrogens (tertiary/aromatic N) is 1. The zero-order chi connectivity index (χ0) is 20.6. The minimum absolute atomic E-state index is 0. The van der Waals surface area contributed by atoms with E-state index < -0.39 is 10.0 Å². The van der Waals surface area contributed by atoms with Gasteiger partial charge in [-0.3, -0.25) is 4.99 Å². The van der Waals surface area contributed by atoms with Crippen LogP contribution in [0.1, 0.15) is 38.7 Å². The summed E-state index contributed by atoms with van der Waals surface area (Å²) in [6.45, 7) is 5.68. The SMILES string of the molecule is CN=C(NCc1cccc(S(=O)(=O)NCCOC)c1)NC1CC(C)CC(C)C1.I. The first kappa shape index (κ1) is 26.1. The molecule has 1 aliphatic carbocycles. The molecular formula is C20H35IN4O3S. The van der Waals surface area contributed by atoms with Crippen LogP contribution in [-0.4, -0.2) is 47.7 Å². The summed E-state index contributed by atoms with van der Waals surface area (Å²) < 4.78 is 32.1. The first-order chi connectivity index (χ1) is 13.3. The Morgan fingerprint density at radius 1 is 1.21 bits per heavy atom. The Morgan fingerprint density at radius 3 is 2.52 bits per heavy atom. The summed E-state index contributed by atoms with van der Waals surface area (Å²) in [6, 6.07) is 7.35. The lowest BCUT2D eigenvalue weighted by Gasteiger charge is -2.32. The molecule has 3 N–H and O–H groups in total. The molecule has 0 aromatic heterocycles. The Balaban J connectivity index is 0.00000420. The number of aliphatic imine (C=N–C) groups is 1. The number of methoxy groups -OCH3 is 1. The van der Waals surface area contributed by atoms with Gasteiger partial charge in [0.05, 0.1) is 11.5 Å². The lowest BCUT2D eigenvalue weighted by molar-refractivity contribution is 0.204. The predicted octanol–water partition coefficient (Wildman–Crippen LogP) is 2.72. The molecule has 0 amide bonds. The van der Waals surface area contributed by atoms with Crippen LogP contribution < -0.4 is 15.4 Å². The molecule has 2 atom stereocenters. The quantitative estimate of drug-likeness (QED) is 0.205. The van der Waals surface area contributed by atoms with Gasteiger partial charge in [-0.2, -0.15) is 0 Å². The molecule has 0 bridgehead atoms. The fraction of sp³-hybridized carbons (Fsp3) is 0.650. The first-order valence-electron chi connectivity index (χ1n) is 9.88. The van der Waals surface area contributed by atoms with Gasteiger partial charge in [0.1, 0.15) is 0 Å². The summed E-state index contributed by atoms with van der Waals surface area (Å²) in [5.74, 6) is 2.18. The average Bonchev–Trinajstić information content (AvgIpc) is 2.64. The smallest absolute Gasteiger partial charge is 0.240 e. The maximum atomic E-state index is 12.4.